The van der Waals surface area contributed by atoms with Gasteiger partial charge in [0.1, 0.15) is 11.9 Å². The molecular weight excluding hydrogens is 286 g/mol. The number of ether oxygens (including phenoxy) is 1. The molecule has 2 aromatic heterocycles. The summed E-state index contributed by atoms with van der Waals surface area (Å²) in [6, 6.07) is 13.5. The molecule has 0 aliphatic heterocycles. The monoisotopic (exact) mass is 300 g/mol. The number of hydrogen-bond donors (Lipinski definition) is 0. The number of halogens is 2. The van der Waals surface area contributed by atoms with Crippen molar-refractivity contribution in [3.8, 4) is 16.9 Å². The largest absolute Gasteiger partial charge is 0.490 e. The van der Waals surface area contributed by atoms with Crippen molar-refractivity contribution in [2.45, 2.75) is 24.9 Å². The summed E-state index contributed by atoms with van der Waals surface area (Å²) in [6.07, 6.45) is 2.92. The van der Waals surface area contributed by atoms with Gasteiger partial charge in [-0.3, -0.25) is 0 Å². The Labute approximate surface area is 126 Å². The lowest BCUT2D eigenvalue weighted by molar-refractivity contribution is -0.134. The van der Waals surface area contributed by atoms with E-state index in [0.29, 0.717) is 5.75 Å². The summed E-state index contributed by atoms with van der Waals surface area (Å²) in [7, 11) is 0. The van der Waals surface area contributed by atoms with E-state index in [1.807, 2.05) is 42.6 Å². The smallest absolute Gasteiger partial charge is 0.255 e. The summed E-state index contributed by atoms with van der Waals surface area (Å²) >= 11 is 0. The molecule has 0 amide bonds. The van der Waals surface area contributed by atoms with Crippen LogP contribution in [0.4, 0.5) is 8.78 Å². The van der Waals surface area contributed by atoms with Gasteiger partial charge >= 0.3 is 0 Å². The summed E-state index contributed by atoms with van der Waals surface area (Å²) in [6.45, 7) is 0. The summed E-state index contributed by atoms with van der Waals surface area (Å²) < 4.78 is 32.9. The minimum Gasteiger partial charge on any atom is -0.490 e. The fourth-order valence-corrected chi connectivity index (χ4v) is 2.71. The highest BCUT2D eigenvalue weighted by Gasteiger charge is 2.46. The Balaban J connectivity index is 1.51. The Kier molecular flexibility index (Phi) is 2.89. The number of benzene rings is 1. The van der Waals surface area contributed by atoms with E-state index in [0.717, 1.165) is 16.6 Å². The Morgan fingerprint density at radius 3 is 2.55 bits per heavy atom. The van der Waals surface area contributed by atoms with Gasteiger partial charge in [0.2, 0.25) is 0 Å². The fraction of sp³-hybridized carbons (Fsp3) is 0.235. The molecule has 4 rings (SSSR count). The van der Waals surface area contributed by atoms with Gasteiger partial charge in [-0.2, -0.15) is 5.10 Å². The first-order valence-electron chi connectivity index (χ1n) is 7.17. The zero-order valence-corrected chi connectivity index (χ0v) is 11.7. The highest BCUT2D eigenvalue weighted by atomic mass is 19.3. The SMILES string of the molecule is FC1(F)CC(Oc2ccc(-c3ccn4nccc4c3)cc2)C1. The summed E-state index contributed by atoms with van der Waals surface area (Å²) in [4.78, 5) is 0. The van der Waals surface area contributed by atoms with Crippen molar-refractivity contribution in [1.82, 2.24) is 9.61 Å². The molecular formula is C17H14F2N2O. The molecule has 5 heteroatoms. The first-order valence-corrected chi connectivity index (χ1v) is 7.17. The van der Waals surface area contributed by atoms with E-state index in [1.54, 1.807) is 10.7 Å². The number of alkyl halides is 2. The lowest BCUT2D eigenvalue weighted by Crippen LogP contribution is -2.43. The van der Waals surface area contributed by atoms with Crippen LogP contribution < -0.4 is 4.74 Å². The lowest BCUT2D eigenvalue weighted by atomic mass is 9.91. The highest BCUT2D eigenvalue weighted by molar-refractivity contribution is 5.69. The Hall–Kier alpha value is -2.43. The molecule has 0 unspecified atom stereocenters. The van der Waals surface area contributed by atoms with E-state index >= 15 is 0 Å². The number of aromatic nitrogens is 2. The van der Waals surface area contributed by atoms with Gasteiger partial charge in [-0.15, -0.1) is 0 Å². The number of nitrogens with zero attached hydrogens (tertiary/aromatic N) is 2. The third-order valence-corrected chi connectivity index (χ3v) is 3.94. The van der Waals surface area contributed by atoms with Crippen molar-refractivity contribution < 1.29 is 13.5 Å². The lowest BCUT2D eigenvalue weighted by Gasteiger charge is -2.34. The van der Waals surface area contributed by atoms with Crippen molar-refractivity contribution in [3.63, 3.8) is 0 Å². The van der Waals surface area contributed by atoms with E-state index in [2.05, 4.69) is 11.2 Å². The topological polar surface area (TPSA) is 26.5 Å². The molecule has 0 saturated heterocycles. The van der Waals surface area contributed by atoms with Gasteiger partial charge in [0.05, 0.1) is 5.52 Å². The molecule has 3 aromatic rings. The zero-order chi connectivity index (χ0) is 15.2. The van der Waals surface area contributed by atoms with E-state index in [9.17, 15) is 8.78 Å². The maximum absolute atomic E-state index is 12.8. The molecule has 1 aliphatic carbocycles. The van der Waals surface area contributed by atoms with Crippen molar-refractivity contribution in [2.24, 2.45) is 0 Å². The molecule has 0 bridgehead atoms. The molecule has 0 atom stereocenters. The Morgan fingerprint density at radius 1 is 1.05 bits per heavy atom. The normalized spacial score (nSPS) is 17.4. The fourth-order valence-electron chi connectivity index (χ4n) is 2.71. The molecule has 1 fully saturated rings. The van der Waals surface area contributed by atoms with Crippen LogP contribution in [0.2, 0.25) is 0 Å². The molecule has 1 aliphatic rings. The number of fused-ring (bicyclic) bond motifs is 1. The van der Waals surface area contributed by atoms with Crippen LogP contribution in [0, 0.1) is 0 Å². The Morgan fingerprint density at radius 2 is 1.82 bits per heavy atom. The van der Waals surface area contributed by atoms with E-state index < -0.39 is 5.92 Å². The predicted octanol–water partition coefficient (Wildman–Crippen LogP) is 4.18. The van der Waals surface area contributed by atoms with E-state index in [4.69, 9.17) is 4.74 Å². The maximum Gasteiger partial charge on any atom is 0.255 e. The van der Waals surface area contributed by atoms with Crippen LogP contribution in [0.3, 0.4) is 0 Å². The average Bonchev–Trinajstić information content (AvgIpc) is 2.93. The standard InChI is InChI=1S/C17H14F2N2O/c18-17(19)10-16(11-17)22-15-3-1-12(2-4-15)13-6-8-21-14(9-13)5-7-20-21/h1-9,16H,10-11H2. The van der Waals surface area contributed by atoms with Gasteiger partial charge in [0.15, 0.2) is 0 Å². The number of rotatable bonds is 3. The van der Waals surface area contributed by atoms with E-state index in [-0.39, 0.29) is 18.9 Å². The summed E-state index contributed by atoms with van der Waals surface area (Å²) in [5.74, 6) is -1.92. The molecule has 3 nitrogen and oxygen atoms in total. The molecule has 112 valence electrons. The predicted molar refractivity (Wildman–Crippen MR) is 79.2 cm³/mol. The van der Waals surface area contributed by atoms with Crippen LogP contribution in [-0.2, 0) is 0 Å². The van der Waals surface area contributed by atoms with Gasteiger partial charge < -0.3 is 4.74 Å². The van der Waals surface area contributed by atoms with E-state index in [1.165, 1.54) is 0 Å². The van der Waals surface area contributed by atoms with Crippen LogP contribution in [0.5, 0.6) is 5.75 Å². The van der Waals surface area contributed by atoms with Crippen LogP contribution in [-0.4, -0.2) is 21.6 Å². The van der Waals surface area contributed by atoms with Crippen LogP contribution in [0.1, 0.15) is 12.8 Å². The van der Waals surface area contributed by atoms with Gasteiger partial charge in [-0.05, 0) is 41.5 Å². The summed E-state index contributed by atoms with van der Waals surface area (Å²) in [5, 5.41) is 4.16. The second-order valence-electron chi connectivity index (χ2n) is 5.64. The maximum atomic E-state index is 12.8. The van der Waals surface area contributed by atoms with Crippen molar-refractivity contribution in [1.29, 1.82) is 0 Å². The van der Waals surface area contributed by atoms with Gasteiger partial charge in [0.25, 0.3) is 5.92 Å². The molecule has 0 spiro atoms. The quantitative estimate of drug-likeness (QED) is 0.725. The van der Waals surface area contributed by atoms with Gasteiger partial charge in [-0.25, -0.2) is 13.3 Å². The average molecular weight is 300 g/mol. The molecule has 2 heterocycles. The number of pyridine rings is 1. The minimum atomic E-state index is -2.55. The second kappa shape index (κ2) is 4.80. The molecule has 1 saturated carbocycles. The summed E-state index contributed by atoms with van der Waals surface area (Å²) in [5.41, 5.74) is 3.15. The highest BCUT2D eigenvalue weighted by Crippen LogP contribution is 2.39. The van der Waals surface area contributed by atoms with Crippen LogP contribution in [0.15, 0.2) is 54.9 Å². The Bertz CT molecular complexity index is 803. The first kappa shape index (κ1) is 13.2. The zero-order valence-electron chi connectivity index (χ0n) is 11.7. The third-order valence-electron chi connectivity index (χ3n) is 3.94. The first-order chi connectivity index (χ1) is 10.6. The van der Waals surface area contributed by atoms with Crippen molar-refractivity contribution in [3.05, 3.63) is 54.9 Å². The van der Waals surface area contributed by atoms with Crippen LogP contribution >= 0.6 is 0 Å². The minimum absolute atomic E-state index is 0.188. The third kappa shape index (κ3) is 2.43. The van der Waals surface area contributed by atoms with Crippen LogP contribution in [0.25, 0.3) is 16.6 Å². The molecule has 1 aromatic carbocycles. The molecule has 0 N–H and O–H groups in total. The second-order valence-corrected chi connectivity index (χ2v) is 5.64. The van der Waals surface area contributed by atoms with Gasteiger partial charge in [-0.1, -0.05) is 12.1 Å². The van der Waals surface area contributed by atoms with Gasteiger partial charge in [0, 0.05) is 25.2 Å². The number of hydrogen-bond acceptors (Lipinski definition) is 2. The molecule has 22 heavy (non-hydrogen) atoms. The van der Waals surface area contributed by atoms with Crippen molar-refractivity contribution in [2.75, 3.05) is 0 Å². The van der Waals surface area contributed by atoms with Crippen molar-refractivity contribution >= 4 is 5.52 Å². The molecule has 0 radical (unpaired) electrons.